The van der Waals surface area contributed by atoms with Crippen molar-refractivity contribution in [1.82, 2.24) is 0 Å². The molecule has 2 aliphatic rings. The number of nitrogens with two attached hydrogens (primary N) is 1. The number of carbonyl (C=O) groups excluding carboxylic acids is 3. The Labute approximate surface area is 180 Å². The van der Waals surface area contributed by atoms with E-state index in [0.29, 0.717) is 17.7 Å². The second-order valence-electron chi connectivity index (χ2n) is 7.15. The monoisotopic (exact) mass is 430 g/mol. The van der Waals surface area contributed by atoms with Crippen LogP contribution in [-0.2, 0) is 38.7 Å². The van der Waals surface area contributed by atoms with E-state index in [1.807, 2.05) is 6.92 Å². The number of carbonyl (C=O) groups is 3. The van der Waals surface area contributed by atoms with Crippen LogP contribution in [0.4, 0.5) is 5.69 Å². The van der Waals surface area contributed by atoms with Gasteiger partial charge in [-0.1, -0.05) is 31.5 Å². The Balaban J connectivity index is 2.18. The molecule has 2 heterocycles. The number of rotatable bonds is 8. The van der Waals surface area contributed by atoms with Gasteiger partial charge in [-0.25, -0.2) is 14.4 Å². The second kappa shape index (κ2) is 9.22. The lowest BCUT2D eigenvalue weighted by atomic mass is 9.67. The third-order valence-electron chi connectivity index (χ3n) is 5.18. The molecule has 0 aromatic heterocycles. The largest absolute Gasteiger partial charge is 0.462 e. The lowest BCUT2D eigenvalue weighted by Crippen LogP contribution is -2.48. The van der Waals surface area contributed by atoms with Gasteiger partial charge in [-0.3, -0.25) is 0 Å². The average Bonchev–Trinajstić information content (AvgIpc) is 2.98. The number of unbranched alkanes of at least 4 members (excludes halogenated alkanes) is 1. The van der Waals surface area contributed by atoms with Crippen LogP contribution in [0.15, 0.2) is 47.0 Å². The van der Waals surface area contributed by atoms with Crippen molar-refractivity contribution >= 4 is 23.6 Å². The summed E-state index contributed by atoms with van der Waals surface area (Å²) in [6, 6.07) is 6.76. The zero-order valence-corrected chi connectivity index (χ0v) is 17.8. The number of cyclic esters (lactones) is 1. The van der Waals surface area contributed by atoms with Crippen LogP contribution in [0.3, 0.4) is 0 Å². The molecular weight excluding hydrogens is 404 g/mol. The predicted molar refractivity (Wildman–Crippen MR) is 110 cm³/mol. The molecule has 1 aromatic rings. The Morgan fingerprint density at radius 3 is 2.48 bits per heavy atom. The van der Waals surface area contributed by atoms with Crippen molar-refractivity contribution in [2.24, 2.45) is 5.73 Å². The zero-order valence-electron chi connectivity index (χ0n) is 17.8. The van der Waals surface area contributed by atoms with Crippen molar-refractivity contribution in [3.05, 3.63) is 52.6 Å². The number of hydrogen-bond acceptors (Lipinski definition) is 9. The molecule has 0 saturated carbocycles. The van der Waals surface area contributed by atoms with Crippen LogP contribution in [0.1, 0.15) is 32.3 Å². The molecule has 0 fully saturated rings. The fourth-order valence-electron chi connectivity index (χ4n) is 3.80. The lowest BCUT2D eigenvalue weighted by molar-refractivity contribution is -0.147. The van der Waals surface area contributed by atoms with Gasteiger partial charge in [0.15, 0.2) is 5.41 Å². The van der Waals surface area contributed by atoms with Gasteiger partial charge in [0.1, 0.15) is 29.3 Å². The van der Waals surface area contributed by atoms with Gasteiger partial charge in [-0.05, 0) is 19.4 Å². The highest BCUT2D eigenvalue weighted by molar-refractivity contribution is 6.15. The number of fused-ring (bicyclic) bond motifs is 2. The van der Waals surface area contributed by atoms with Crippen molar-refractivity contribution in [2.45, 2.75) is 32.1 Å². The van der Waals surface area contributed by atoms with E-state index in [4.69, 9.17) is 24.7 Å². The summed E-state index contributed by atoms with van der Waals surface area (Å²) in [7, 11) is 1.47. The normalized spacial score (nSPS) is 19.8. The minimum absolute atomic E-state index is 0.0360. The van der Waals surface area contributed by atoms with Crippen LogP contribution < -0.4 is 11.1 Å². The molecule has 1 aromatic carbocycles. The lowest BCUT2D eigenvalue weighted by Gasteiger charge is -2.36. The standard InChI is InChI=1S/C22H26N2O7/c1-4-5-10-29-20(26)17-18(23)24-15-9-7-6-8-14(15)22(17)16(13(2)31-21(22)27)19(25)30-12-11-28-3/h6-9,24H,4-5,10-12,23H2,1-3H3/t22-/m1/s1. The van der Waals surface area contributed by atoms with Crippen molar-refractivity contribution in [2.75, 3.05) is 32.2 Å². The fourth-order valence-corrected chi connectivity index (χ4v) is 3.80. The summed E-state index contributed by atoms with van der Waals surface area (Å²) in [6.45, 7) is 3.71. The number of hydrogen-bond donors (Lipinski definition) is 2. The third kappa shape index (κ3) is 3.76. The van der Waals surface area contributed by atoms with E-state index in [0.717, 1.165) is 6.42 Å². The van der Waals surface area contributed by atoms with Gasteiger partial charge in [0.05, 0.1) is 13.2 Å². The number of para-hydroxylation sites is 1. The third-order valence-corrected chi connectivity index (χ3v) is 5.18. The quantitative estimate of drug-likeness (QED) is 0.361. The van der Waals surface area contributed by atoms with Crippen molar-refractivity contribution < 1.29 is 33.3 Å². The van der Waals surface area contributed by atoms with Crippen LogP contribution in [0.2, 0.25) is 0 Å². The van der Waals surface area contributed by atoms with Crippen LogP contribution in [0.25, 0.3) is 0 Å². The molecule has 3 rings (SSSR count). The molecule has 31 heavy (non-hydrogen) atoms. The number of allylic oxidation sites excluding steroid dienone is 1. The van der Waals surface area contributed by atoms with Crippen LogP contribution >= 0.6 is 0 Å². The molecule has 0 unspecified atom stereocenters. The van der Waals surface area contributed by atoms with Gasteiger partial charge >= 0.3 is 17.9 Å². The van der Waals surface area contributed by atoms with E-state index < -0.39 is 23.3 Å². The maximum Gasteiger partial charge on any atom is 0.339 e. The summed E-state index contributed by atoms with van der Waals surface area (Å²) in [5, 5.41) is 2.93. The molecule has 166 valence electrons. The van der Waals surface area contributed by atoms with Gasteiger partial charge in [-0.15, -0.1) is 0 Å². The van der Waals surface area contributed by atoms with Gasteiger partial charge in [0.25, 0.3) is 0 Å². The highest BCUT2D eigenvalue weighted by Crippen LogP contribution is 2.52. The smallest absolute Gasteiger partial charge is 0.339 e. The molecule has 9 heteroatoms. The molecule has 0 saturated heterocycles. The Bertz CT molecular complexity index is 966. The van der Waals surface area contributed by atoms with Crippen molar-refractivity contribution in [1.29, 1.82) is 0 Å². The van der Waals surface area contributed by atoms with Crippen LogP contribution in [0, 0.1) is 0 Å². The molecule has 9 nitrogen and oxygen atoms in total. The number of esters is 3. The van der Waals surface area contributed by atoms with Crippen molar-refractivity contribution in [3.63, 3.8) is 0 Å². The van der Waals surface area contributed by atoms with E-state index in [1.165, 1.54) is 14.0 Å². The van der Waals surface area contributed by atoms with Crippen molar-refractivity contribution in [3.8, 4) is 0 Å². The molecular formula is C22H26N2O7. The van der Waals surface area contributed by atoms with Gasteiger partial charge in [-0.2, -0.15) is 0 Å². The second-order valence-corrected chi connectivity index (χ2v) is 7.15. The Hall–Kier alpha value is -3.33. The molecule has 0 amide bonds. The Morgan fingerprint density at radius 1 is 1.10 bits per heavy atom. The predicted octanol–water partition coefficient (Wildman–Crippen LogP) is 1.88. The van der Waals surface area contributed by atoms with E-state index in [1.54, 1.807) is 24.3 Å². The van der Waals surface area contributed by atoms with Crippen LogP contribution in [-0.4, -0.2) is 44.8 Å². The molecule has 1 atom stereocenters. The topological polar surface area (TPSA) is 126 Å². The first-order valence-electron chi connectivity index (χ1n) is 10.0. The Morgan fingerprint density at radius 2 is 1.77 bits per heavy atom. The maximum atomic E-state index is 13.3. The first-order chi connectivity index (χ1) is 14.9. The molecule has 0 aliphatic carbocycles. The summed E-state index contributed by atoms with van der Waals surface area (Å²) < 4.78 is 21.0. The Kier molecular flexibility index (Phi) is 6.65. The summed E-state index contributed by atoms with van der Waals surface area (Å²) in [4.78, 5) is 39.6. The summed E-state index contributed by atoms with van der Waals surface area (Å²) in [6.07, 6.45) is 1.45. The van der Waals surface area contributed by atoms with Gasteiger partial charge in [0.2, 0.25) is 0 Å². The first kappa shape index (κ1) is 22.4. The number of benzene rings is 1. The maximum absolute atomic E-state index is 13.3. The number of methoxy groups -OCH3 is 1. The van der Waals surface area contributed by atoms with E-state index >= 15 is 0 Å². The number of ether oxygens (including phenoxy) is 4. The minimum atomic E-state index is -1.90. The zero-order chi connectivity index (χ0) is 22.6. The van der Waals surface area contributed by atoms with E-state index in [9.17, 15) is 14.4 Å². The average molecular weight is 430 g/mol. The molecule has 3 N–H and O–H groups in total. The van der Waals surface area contributed by atoms with Gasteiger partial charge in [0, 0.05) is 18.4 Å². The van der Waals surface area contributed by atoms with E-state index in [-0.39, 0.29) is 42.5 Å². The fraction of sp³-hybridized carbons (Fsp3) is 0.409. The highest BCUT2D eigenvalue weighted by Gasteiger charge is 2.62. The molecule has 0 radical (unpaired) electrons. The van der Waals surface area contributed by atoms with Crippen LogP contribution in [0.5, 0.6) is 0 Å². The summed E-state index contributed by atoms with van der Waals surface area (Å²) >= 11 is 0. The first-order valence-corrected chi connectivity index (χ1v) is 10.0. The summed E-state index contributed by atoms with van der Waals surface area (Å²) in [5.41, 5.74) is 4.84. The minimum Gasteiger partial charge on any atom is -0.462 e. The number of anilines is 1. The molecule has 1 spiro atoms. The number of nitrogens with one attached hydrogen (secondary N) is 1. The van der Waals surface area contributed by atoms with Gasteiger partial charge < -0.3 is 30.0 Å². The summed E-state index contributed by atoms with van der Waals surface area (Å²) in [5.74, 6) is -2.47. The molecule has 0 bridgehead atoms. The SMILES string of the molecule is CCCCOC(=O)C1=C(N)Nc2ccccc2[C@]12C(=O)OC(C)=C2C(=O)OCCOC. The van der Waals surface area contributed by atoms with E-state index in [2.05, 4.69) is 5.32 Å². The highest BCUT2D eigenvalue weighted by atomic mass is 16.6. The molecule has 2 aliphatic heterocycles.